The molecule has 1 rings (SSSR count). The van der Waals surface area contributed by atoms with Crippen LogP contribution in [0.4, 0.5) is 0 Å². The van der Waals surface area contributed by atoms with Crippen LogP contribution in [-0.2, 0) is 6.42 Å². The van der Waals surface area contributed by atoms with Gasteiger partial charge in [0.15, 0.2) is 0 Å². The van der Waals surface area contributed by atoms with E-state index in [1.165, 1.54) is 24.8 Å². The number of rotatable bonds is 8. The van der Waals surface area contributed by atoms with Crippen LogP contribution < -0.4 is 10.6 Å². The second-order valence-electron chi connectivity index (χ2n) is 5.87. The van der Waals surface area contributed by atoms with E-state index in [1.807, 2.05) is 0 Å². The topological polar surface area (TPSA) is 24.1 Å². The van der Waals surface area contributed by atoms with Crippen molar-refractivity contribution >= 4 is 0 Å². The highest BCUT2D eigenvalue weighted by atomic mass is 15.0. The molecule has 0 aliphatic carbocycles. The maximum atomic E-state index is 3.48. The summed E-state index contributed by atoms with van der Waals surface area (Å²) in [4.78, 5) is 0. The van der Waals surface area contributed by atoms with Crippen LogP contribution in [0.2, 0.25) is 0 Å². The van der Waals surface area contributed by atoms with Crippen LogP contribution in [0, 0.1) is 0 Å². The average molecular weight is 248 g/mol. The molecule has 2 N–H and O–H groups in total. The van der Waals surface area contributed by atoms with Crippen molar-refractivity contribution in [3.8, 4) is 0 Å². The molecular weight excluding hydrogens is 220 g/mol. The van der Waals surface area contributed by atoms with Crippen LogP contribution in [0.1, 0.15) is 39.2 Å². The van der Waals surface area contributed by atoms with E-state index in [4.69, 9.17) is 0 Å². The maximum absolute atomic E-state index is 3.48. The number of aryl methyl sites for hydroxylation is 1. The predicted molar refractivity (Wildman–Crippen MR) is 80.0 cm³/mol. The van der Waals surface area contributed by atoms with E-state index in [-0.39, 0.29) is 5.54 Å². The van der Waals surface area contributed by atoms with Crippen molar-refractivity contribution in [2.45, 2.75) is 45.6 Å². The molecule has 1 aromatic carbocycles. The van der Waals surface area contributed by atoms with E-state index in [1.54, 1.807) is 0 Å². The van der Waals surface area contributed by atoms with Gasteiger partial charge in [-0.15, -0.1) is 0 Å². The van der Waals surface area contributed by atoms with Gasteiger partial charge < -0.3 is 10.6 Å². The predicted octanol–water partition coefficient (Wildman–Crippen LogP) is 2.99. The van der Waals surface area contributed by atoms with Crippen molar-refractivity contribution in [1.29, 1.82) is 0 Å². The highest BCUT2D eigenvalue weighted by Gasteiger charge is 2.06. The molecule has 0 aromatic heterocycles. The fourth-order valence-corrected chi connectivity index (χ4v) is 1.87. The molecule has 0 heterocycles. The highest BCUT2D eigenvalue weighted by molar-refractivity contribution is 5.14. The van der Waals surface area contributed by atoms with Gasteiger partial charge in [0.1, 0.15) is 0 Å². The molecule has 0 aliphatic rings. The second-order valence-corrected chi connectivity index (χ2v) is 5.87. The molecular formula is C16H28N2. The number of hydrogen-bond donors (Lipinski definition) is 2. The van der Waals surface area contributed by atoms with Crippen molar-refractivity contribution in [2.75, 3.05) is 19.6 Å². The lowest BCUT2D eigenvalue weighted by molar-refractivity contribution is 0.421. The van der Waals surface area contributed by atoms with Crippen molar-refractivity contribution in [2.24, 2.45) is 0 Å². The van der Waals surface area contributed by atoms with Crippen LogP contribution in [0.5, 0.6) is 0 Å². The van der Waals surface area contributed by atoms with Gasteiger partial charge in [-0.1, -0.05) is 30.3 Å². The monoisotopic (exact) mass is 248 g/mol. The first-order valence-corrected chi connectivity index (χ1v) is 7.07. The normalized spacial score (nSPS) is 11.7. The smallest absolute Gasteiger partial charge is 0.00970 e. The summed E-state index contributed by atoms with van der Waals surface area (Å²) < 4.78 is 0. The summed E-state index contributed by atoms with van der Waals surface area (Å²) in [5.41, 5.74) is 1.68. The molecule has 2 heteroatoms. The molecule has 0 aliphatic heterocycles. The molecule has 0 saturated heterocycles. The van der Waals surface area contributed by atoms with Gasteiger partial charge in [-0.2, -0.15) is 0 Å². The molecule has 102 valence electrons. The van der Waals surface area contributed by atoms with Gasteiger partial charge in [-0.3, -0.25) is 0 Å². The molecule has 0 amide bonds. The zero-order valence-corrected chi connectivity index (χ0v) is 12.1. The molecule has 0 atom stereocenters. The Bertz CT molecular complexity index is 301. The third kappa shape index (κ3) is 8.26. The van der Waals surface area contributed by atoms with Crippen molar-refractivity contribution < 1.29 is 0 Å². The summed E-state index contributed by atoms with van der Waals surface area (Å²) in [6.45, 7) is 9.83. The van der Waals surface area contributed by atoms with Gasteiger partial charge in [0.2, 0.25) is 0 Å². The largest absolute Gasteiger partial charge is 0.315 e. The SMILES string of the molecule is CC(C)(C)NCCNCCCCc1ccccc1. The third-order valence-corrected chi connectivity index (χ3v) is 2.87. The van der Waals surface area contributed by atoms with Crippen molar-refractivity contribution in [1.82, 2.24) is 10.6 Å². The number of benzene rings is 1. The molecule has 0 unspecified atom stereocenters. The van der Waals surface area contributed by atoms with E-state index >= 15 is 0 Å². The first kappa shape index (κ1) is 15.2. The summed E-state index contributed by atoms with van der Waals surface area (Å²) >= 11 is 0. The van der Waals surface area contributed by atoms with E-state index in [9.17, 15) is 0 Å². The van der Waals surface area contributed by atoms with E-state index in [2.05, 4.69) is 61.7 Å². The molecule has 0 saturated carbocycles. The Labute approximate surface area is 112 Å². The van der Waals surface area contributed by atoms with Crippen LogP contribution in [0.15, 0.2) is 30.3 Å². The summed E-state index contributed by atoms with van der Waals surface area (Å²) in [5.74, 6) is 0. The maximum Gasteiger partial charge on any atom is 0.00970 e. The Morgan fingerprint density at radius 1 is 0.889 bits per heavy atom. The van der Waals surface area contributed by atoms with Gasteiger partial charge in [0, 0.05) is 18.6 Å². The first-order chi connectivity index (χ1) is 8.58. The minimum absolute atomic E-state index is 0.231. The molecule has 0 bridgehead atoms. The van der Waals surface area contributed by atoms with Crippen LogP contribution in [0.3, 0.4) is 0 Å². The van der Waals surface area contributed by atoms with Crippen LogP contribution >= 0.6 is 0 Å². The van der Waals surface area contributed by atoms with Gasteiger partial charge in [0.05, 0.1) is 0 Å². The Balaban J connectivity index is 1.90. The standard InChI is InChI=1S/C16H28N2/c1-16(2,3)18-14-13-17-12-8-7-11-15-9-5-4-6-10-15/h4-6,9-10,17-18H,7-8,11-14H2,1-3H3. The summed E-state index contributed by atoms with van der Waals surface area (Å²) in [5, 5.41) is 6.96. The van der Waals surface area contributed by atoms with Gasteiger partial charge in [-0.05, 0) is 52.1 Å². The van der Waals surface area contributed by atoms with Gasteiger partial charge in [-0.25, -0.2) is 0 Å². The molecule has 2 nitrogen and oxygen atoms in total. The molecule has 0 fully saturated rings. The Morgan fingerprint density at radius 2 is 1.61 bits per heavy atom. The van der Waals surface area contributed by atoms with Crippen LogP contribution in [0.25, 0.3) is 0 Å². The van der Waals surface area contributed by atoms with Crippen molar-refractivity contribution in [3.63, 3.8) is 0 Å². The Morgan fingerprint density at radius 3 is 2.28 bits per heavy atom. The quantitative estimate of drug-likeness (QED) is 0.691. The average Bonchev–Trinajstić information content (AvgIpc) is 2.32. The van der Waals surface area contributed by atoms with Gasteiger partial charge >= 0.3 is 0 Å². The number of nitrogens with one attached hydrogen (secondary N) is 2. The summed E-state index contributed by atoms with van der Waals surface area (Å²) in [6.07, 6.45) is 3.72. The lowest BCUT2D eigenvalue weighted by atomic mass is 10.1. The zero-order valence-electron chi connectivity index (χ0n) is 12.1. The van der Waals surface area contributed by atoms with E-state index in [0.717, 1.165) is 19.6 Å². The van der Waals surface area contributed by atoms with E-state index in [0.29, 0.717) is 0 Å². The Hall–Kier alpha value is -0.860. The van der Waals surface area contributed by atoms with Crippen molar-refractivity contribution in [3.05, 3.63) is 35.9 Å². The lowest BCUT2D eigenvalue weighted by Crippen LogP contribution is -2.40. The minimum Gasteiger partial charge on any atom is -0.315 e. The molecule has 0 radical (unpaired) electrons. The Kier molecular flexibility index (Phi) is 6.99. The fourth-order valence-electron chi connectivity index (χ4n) is 1.87. The number of unbranched alkanes of at least 4 members (excludes halogenated alkanes) is 1. The molecule has 0 spiro atoms. The van der Waals surface area contributed by atoms with E-state index < -0.39 is 0 Å². The fraction of sp³-hybridized carbons (Fsp3) is 0.625. The number of hydrogen-bond acceptors (Lipinski definition) is 2. The van der Waals surface area contributed by atoms with Gasteiger partial charge in [0.25, 0.3) is 0 Å². The molecule has 1 aromatic rings. The third-order valence-electron chi connectivity index (χ3n) is 2.87. The second kappa shape index (κ2) is 8.28. The minimum atomic E-state index is 0.231. The highest BCUT2D eigenvalue weighted by Crippen LogP contribution is 2.03. The lowest BCUT2D eigenvalue weighted by Gasteiger charge is -2.20. The molecule has 18 heavy (non-hydrogen) atoms. The summed E-state index contributed by atoms with van der Waals surface area (Å²) in [7, 11) is 0. The first-order valence-electron chi connectivity index (χ1n) is 7.07. The van der Waals surface area contributed by atoms with Crippen LogP contribution in [-0.4, -0.2) is 25.2 Å². The zero-order chi connectivity index (χ0) is 13.3. The summed E-state index contributed by atoms with van der Waals surface area (Å²) in [6, 6.07) is 10.7.